The van der Waals surface area contributed by atoms with Crippen molar-refractivity contribution in [1.82, 2.24) is 25.2 Å². The molecule has 0 unspecified atom stereocenters. The quantitative estimate of drug-likeness (QED) is 0.491. The van der Waals surface area contributed by atoms with Gasteiger partial charge < -0.3 is 9.67 Å². The van der Waals surface area contributed by atoms with E-state index < -0.39 is 0 Å². The Morgan fingerprint density at radius 1 is 1.03 bits per heavy atom. The maximum absolute atomic E-state index is 12.5. The Morgan fingerprint density at radius 3 is 2.50 bits per heavy atom. The molecule has 0 aliphatic heterocycles. The third-order valence-corrected chi connectivity index (χ3v) is 5.12. The lowest BCUT2D eigenvalue weighted by atomic mass is 9.98. The summed E-state index contributed by atoms with van der Waals surface area (Å²) in [5.74, 6) is 0.641. The van der Waals surface area contributed by atoms with E-state index in [0.29, 0.717) is 12.4 Å². The van der Waals surface area contributed by atoms with Crippen molar-refractivity contribution in [3.05, 3.63) is 82.3 Å². The van der Waals surface area contributed by atoms with Crippen LogP contribution >= 0.6 is 0 Å². The van der Waals surface area contributed by atoms with Crippen molar-refractivity contribution in [3.63, 3.8) is 0 Å². The molecule has 0 amide bonds. The van der Waals surface area contributed by atoms with Crippen LogP contribution in [-0.4, -0.2) is 30.3 Å². The molecule has 0 aliphatic carbocycles. The van der Waals surface area contributed by atoms with Gasteiger partial charge in [-0.3, -0.25) is 4.79 Å². The minimum Gasteiger partial charge on any atom is -0.508 e. The van der Waals surface area contributed by atoms with Crippen LogP contribution in [-0.2, 0) is 13.0 Å². The van der Waals surface area contributed by atoms with Gasteiger partial charge in [-0.25, -0.2) is 5.10 Å². The van der Waals surface area contributed by atoms with E-state index in [0.717, 1.165) is 47.2 Å². The van der Waals surface area contributed by atoms with Crippen molar-refractivity contribution in [2.45, 2.75) is 32.7 Å². The maximum atomic E-state index is 12.5. The van der Waals surface area contributed by atoms with E-state index in [9.17, 15) is 9.90 Å². The molecule has 0 aliphatic rings. The number of unbranched alkanes of at least 4 members (excludes halogenated alkanes) is 1. The number of pyridine rings is 1. The molecule has 30 heavy (non-hydrogen) atoms. The molecular formula is C23H23N5O2. The summed E-state index contributed by atoms with van der Waals surface area (Å²) in [5, 5.41) is 24.0. The number of aryl methyl sites for hydroxylation is 1. The number of benzene rings is 2. The normalized spacial score (nSPS) is 11.0. The molecular weight excluding hydrogens is 378 g/mol. The van der Waals surface area contributed by atoms with Gasteiger partial charge >= 0.3 is 0 Å². The van der Waals surface area contributed by atoms with Gasteiger partial charge in [0.1, 0.15) is 5.75 Å². The van der Waals surface area contributed by atoms with Crippen molar-refractivity contribution in [2.75, 3.05) is 0 Å². The van der Waals surface area contributed by atoms with Crippen LogP contribution in [0.25, 0.3) is 22.5 Å². The molecule has 0 saturated carbocycles. The summed E-state index contributed by atoms with van der Waals surface area (Å²) in [5.41, 5.74) is 4.67. The Hall–Kier alpha value is -3.74. The molecule has 2 aromatic carbocycles. The molecule has 4 aromatic rings. The second-order valence-electron chi connectivity index (χ2n) is 7.23. The molecule has 7 heteroatoms. The predicted molar refractivity (Wildman–Crippen MR) is 115 cm³/mol. The lowest BCUT2D eigenvalue weighted by molar-refractivity contribution is 0.468. The minimum atomic E-state index is -0.187. The number of rotatable bonds is 7. The zero-order valence-corrected chi connectivity index (χ0v) is 16.7. The van der Waals surface area contributed by atoms with Gasteiger partial charge in [0.05, 0.1) is 6.54 Å². The second-order valence-corrected chi connectivity index (χ2v) is 7.23. The van der Waals surface area contributed by atoms with Gasteiger partial charge in [-0.15, -0.1) is 5.10 Å². The lowest BCUT2D eigenvalue weighted by Crippen LogP contribution is -2.23. The summed E-state index contributed by atoms with van der Waals surface area (Å²) in [6, 6.07) is 19.0. The first kappa shape index (κ1) is 19.6. The SMILES string of the molecule is CCCCc1cc(O)cc(=O)n1Cc1ccc(-c2ccccc2-c2nnn[nH]2)cc1. The van der Waals surface area contributed by atoms with Crippen molar-refractivity contribution >= 4 is 0 Å². The summed E-state index contributed by atoms with van der Waals surface area (Å²) >= 11 is 0. The molecule has 7 nitrogen and oxygen atoms in total. The standard InChI is InChI=1S/C23H23N5O2/c1-2-3-6-18-13-19(29)14-22(30)28(18)15-16-9-11-17(12-10-16)20-7-4-5-8-21(20)23-24-26-27-25-23/h4-5,7-14,29H,2-3,6,15H2,1H3,(H,24,25,26,27). The highest BCUT2D eigenvalue weighted by Gasteiger charge is 2.11. The fourth-order valence-corrected chi connectivity index (χ4v) is 3.57. The van der Waals surface area contributed by atoms with Crippen LogP contribution in [0.1, 0.15) is 31.0 Å². The number of tetrazole rings is 1. The smallest absolute Gasteiger partial charge is 0.254 e. The third-order valence-electron chi connectivity index (χ3n) is 5.12. The number of H-pyrrole nitrogens is 1. The topological polar surface area (TPSA) is 96.7 Å². The number of aromatic nitrogens is 5. The Labute approximate surface area is 174 Å². The first-order valence-electron chi connectivity index (χ1n) is 10.0. The average Bonchev–Trinajstić information content (AvgIpc) is 3.30. The fourth-order valence-electron chi connectivity index (χ4n) is 3.57. The van der Waals surface area contributed by atoms with Gasteiger partial charge in [-0.1, -0.05) is 61.9 Å². The van der Waals surface area contributed by atoms with E-state index in [1.54, 1.807) is 10.6 Å². The molecule has 0 bridgehead atoms. The molecule has 152 valence electrons. The fraction of sp³-hybridized carbons (Fsp3) is 0.217. The van der Waals surface area contributed by atoms with Gasteiger partial charge in [0.2, 0.25) is 0 Å². The summed E-state index contributed by atoms with van der Waals surface area (Å²) < 4.78 is 1.73. The number of hydrogen-bond acceptors (Lipinski definition) is 5. The summed E-state index contributed by atoms with van der Waals surface area (Å²) in [6.45, 7) is 2.57. The minimum absolute atomic E-state index is 0.0243. The molecule has 0 fully saturated rings. The van der Waals surface area contributed by atoms with Crippen LogP contribution in [0.15, 0.2) is 65.5 Å². The van der Waals surface area contributed by atoms with Crippen LogP contribution in [0.5, 0.6) is 5.75 Å². The number of aromatic amines is 1. The number of nitrogens with one attached hydrogen (secondary N) is 1. The highest BCUT2D eigenvalue weighted by molar-refractivity contribution is 5.80. The molecule has 0 spiro atoms. The Morgan fingerprint density at radius 2 is 1.80 bits per heavy atom. The van der Waals surface area contributed by atoms with Gasteiger partial charge in [-0.05, 0) is 46.0 Å². The van der Waals surface area contributed by atoms with Crippen molar-refractivity contribution < 1.29 is 5.11 Å². The third kappa shape index (κ3) is 4.15. The van der Waals surface area contributed by atoms with Crippen LogP contribution in [0.3, 0.4) is 0 Å². The Bertz CT molecular complexity index is 1180. The summed E-state index contributed by atoms with van der Waals surface area (Å²) in [7, 11) is 0. The molecule has 4 rings (SSSR count). The van der Waals surface area contributed by atoms with Gasteiger partial charge in [0.15, 0.2) is 5.82 Å². The van der Waals surface area contributed by atoms with Gasteiger partial charge in [-0.2, -0.15) is 0 Å². The number of aromatic hydroxyl groups is 1. The van der Waals surface area contributed by atoms with Gasteiger partial charge in [0, 0.05) is 17.3 Å². The maximum Gasteiger partial charge on any atom is 0.254 e. The molecule has 2 N–H and O–H groups in total. The van der Waals surface area contributed by atoms with Crippen LogP contribution in [0.4, 0.5) is 0 Å². The lowest BCUT2D eigenvalue weighted by Gasteiger charge is -2.14. The first-order chi connectivity index (χ1) is 14.7. The van der Waals surface area contributed by atoms with E-state index in [1.165, 1.54) is 6.07 Å². The first-order valence-corrected chi connectivity index (χ1v) is 10.0. The molecule has 0 saturated heterocycles. The largest absolute Gasteiger partial charge is 0.508 e. The van der Waals surface area contributed by atoms with Crippen LogP contribution < -0.4 is 5.56 Å². The Balaban J connectivity index is 1.63. The molecule has 0 atom stereocenters. The van der Waals surface area contributed by atoms with Crippen LogP contribution in [0.2, 0.25) is 0 Å². The van der Waals surface area contributed by atoms with E-state index in [4.69, 9.17) is 0 Å². The molecule has 2 aromatic heterocycles. The molecule has 2 heterocycles. The Kier molecular flexibility index (Phi) is 5.70. The van der Waals surface area contributed by atoms with Gasteiger partial charge in [0.25, 0.3) is 5.56 Å². The zero-order chi connectivity index (χ0) is 20.9. The highest BCUT2D eigenvalue weighted by atomic mass is 16.3. The van der Waals surface area contributed by atoms with Crippen LogP contribution in [0, 0.1) is 0 Å². The molecule has 0 radical (unpaired) electrons. The van der Waals surface area contributed by atoms with E-state index in [1.807, 2.05) is 48.5 Å². The zero-order valence-electron chi connectivity index (χ0n) is 16.7. The average molecular weight is 401 g/mol. The predicted octanol–water partition coefficient (Wildman–Crippen LogP) is 3.79. The van der Waals surface area contributed by atoms with E-state index in [-0.39, 0.29) is 11.3 Å². The highest BCUT2D eigenvalue weighted by Crippen LogP contribution is 2.29. The van der Waals surface area contributed by atoms with E-state index in [2.05, 4.69) is 27.5 Å². The summed E-state index contributed by atoms with van der Waals surface area (Å²) in [4.78, 5) is 12.5. The number of nitrogens with zero attached hydrogens (tertiary/aromatic N) is 4. The monoisotopic (exact) mass is 401 g/mol. The van der Waals surface area contributed by atoms with E-state index >= 15 is 0 Å². The van der Waals surface area contributed by atoms with Crippen molar-refractivity contribution in [3.8, 4) is 28.3 Å². The summed E-state index contributed by atoms with van der Waals surface area (Å²) in [6.07, 6.45) is 2.75. The van der Waals surface area contributed by atoms with Crippen molar-refractivity contribution in [2.24, 2.45) is 0 Å². The number of hydrogen-bond donors (Lipinski definition) is 2. The second kappa shape index (κ2) is 8.73. The van der Waals surface area contributed by atoms with Crippen molar-refractivity contribution in [1.29, 1.82) is 0 Å².